The highest BCUT2D eigenvalue weighted by molar-refractivity contribution is 7.81. The second-order valence-corrected chi connectivity index (χ2v) is 5.84. The zero-order chi connectivity index (χ0) is 11.6. The van der Waals surface area contributed by atoms with Gasteiger partial charge in [-0.15, -0.1) is 0 Å². The van der Waals surface area contributed by atoms with Gasteiger partial charge in [-0.3, -0.25) is 4.90 Å². The molecule has 1 saturated heterocycles. The Morgan fingerprint density at radius 2 is 2.33 bits per heavy atom. The van der Waals surface area contributed by atoms with E-state index in [2.05, 4.69) is 18.7 Å². The summed E-state index contributed by atoms with van der Waals surface area (Å²) in [6.07, 6.45) is -0.596. The summed E-state index contributed by atoms with van der Waals surface area (Å²) in [6.45, 7) is 4.68. The number of nitrogens with zero attached hydrogens (tertiary/aromatic N) is 2. The van der Waals surface area contributed by atoms with Crippen LogP contribution in [-0.2, 0) is 0 Å². The Balaban J connectivity index is 2.55. The van der Waals surface area contributed by atoms with Crippen molar-refractivity contribution in [2.24, 2.45) is 5.73 Å². The molecule has 0 radical (unpaired) electrons. The minimum Gasteiger partial charge on any atom is -0.325 e. The van der Waals surface area contributed by atoms with E-state index in [1.165, 1.54) is 0 Å². The number of thiol groups is 1. The molecule has 0 spiro atoms. The molecule has 2 N–H and O–H groups in total. The monoisotopic (exact) mass is 231 g/mol. The summed E-state index contributed by atoms with van der Waals surface area (Å²) in [5.74, 6) is 0. The van der Waals surface area contributed by atoms with E-state index in [-0.39, 0.29) is 16.8 Å². The predicted octanol–water partition coefficient (Wildman–Crippen LogP) is 0.958. The Labute approximate surface area is 95.8 Å². The molecule has 0 unspecified atom stereocenters. The van der Waals surface area contributed by atoms with Crippen LogP contribution >= 0.6 is 12.6 Å². The van der Waals surface area contributed by atoms with E-state index in [9.17, 15) is 4.39 Å². The first-order valence-electron chi connectivity index (χ1n) is 5.10. The van der Waals surface area contributed by atoms with Crippen molar-refractivity contribution in [3.63, 3.8) is 0 Å². The first-order valence-corrected chi connectivity index (χ1v) is 5.55. The number of alkyl halides is 1. The Hall–Kier alpha value is -0.310. The van der Waals surface area contributed by atoms with Crippen LogP contribution < -0.4 is 5.73 Å². The van der Waals surface area contributed by atoms with Gasteiger partial charge in [0, 0.05) is 30.3 Å². The maximum atomic E-state index is 13.1. The topological polar surface area (TPSA) is 53.0 Å². The molecule has 1 heterocycles. The lowest BCUT2D eigenvalue weighted by Crippen LogP contribution is -2.49. The molecule has 0 aromatic carbocycles. The summed E-state index contributed by atoms with van der Waals surface area (Å²) in [4.78, 5) is 1.81. The van der Waals surface area contributed by atoms with Gasteiger partial charge in [-0.05, 0) is 13.8 Å². The third kappa shape index (κ3) is 3.33. The second kappa shape index (κ2) is 4.69. The van der Waals surface area contributed by atoms with Crippen molar-refractivity contribution < 1.29 is 4.39 Å². The molecule has 0 saturated carbocycles. The van der Waals surface area contributed by atoms with E-state index < -0.39 is 6.17 Å². The summed E-state index contributed by atoms with van der Waals surface area (Å²) in [5.41, 5.74) is 5.94. The van der Waals surface area contributed by atoms with E-state index in [0.717, 1.165) is 0 Å². The van der Waals surface area contributed by atoms with Gasteiger partial charge in [0.15, 0.2) is 0 Å². The van der Waals surface area contributed by atoms with Crippen molar-refractivity contribution >= 4 is 12.6 Å². The SMILES string of the molecule is CC(C)(S)[C@H](N)CN1C[C@@H](F)C[C@H]1C#N. The Morgan fingerprint density at radius 3 is 2.80 bits per heavy atom. The average molecular weight is 231 g/mol. The number of nitriles is 1. The quantitative estimate of drug-likeness (QED) is 0.711. The summed E-state index contributed by atoms with van der Waals surface area (Å²) in [5, 5.41) is 8.85. The third-order valence-electron chi connectivity index (χ3n) is 2.84. The van der Waals surface area contributed by atoms with E-state index >= 15 is 0 Å². The number of nitrogens with two attached hydrogens (primary N) is 1. The molecule has 0 aliphatic carbocycles. The largest absolute Gasteiger partial charge is 0.325 e. The van der Waals surface area contributed by atoms with Crippen molar-refractivity contribution in [3.8, 4) is 6.07 Å². The van der Waals surface area contributed by atoms with Gasteiger partial charge in [0.05, 0.1) is 6.07 Å². The molecule has 1 fully saturated rings. The van der Waals surface area contributed by atoms with Gasteiger partial charge in [0.1, 0.15) is 12.2 Å². The molecule has 15 heavy (non-hydrogen) atoms. The zero-order valence-corrected chi connectivity index (χ0v) is 10.0. The number of halogens is 1. The molecular weight excluding hydrogens is 213 g/mol. The fourth-order valence-electron chi connectivity index (χ4n) is 1.66. The number of hydrogen-bond donors (Lipinski definition) is 2. The standard InChI is InChI=1S/C10H18FN3S/c1-10(2,15)9(13)6-14-5-7(11)3-8(14)4-12/h7-9,15H,3,5-6,13H2,1-2H3/t7-,8-,9+/m0/s1. The highest BCUT2D eigenvalue weighted by Gasteiger charge is 2.35. The van der Waals surface area contributed by atoms with E-state index in [1.807, 2.05) is 18.7 Å². The molecule has 1 aliphatic heterocycles. The summed E-state index contributed by atoms with van der Waals surface area (Å²) >= 11 is 4.38. The lowest BCUT2D eigenvalue weighted by Gasteiger charge is -2.31. The van der Waals surface area contributed by atoms with E-state index in [4.69, 9.17) is 11.0 Å². The van der Waals surface area contributed by atoms with Crippen molar-refractivity contribution in [3.05, 3.63) is 0 Å². The molecule has 3 nitrogen and oxygen atoms in total. The third-order valence-corrected chi connectivity index (χ3v) is 3.17. The molecule has 3 atom stereocenters. The van der Waals surface area contributed by atoms with Crippen molar-refractivity contribution in [2.45, 2.75) is 43.3 Å². The highest BCUT2D eigenvalue weighted by Crippen LogP contribution is 2.23. The van der Waals surface area contributed by atoms with Crippen LogP contribution in [-0.4, -0.2) is 41.0 Å². The Morgan fingerprint density at radius 1 is 1.73 bits per heavy atom. The number of hydrogen-bond acceptors (Lipinski definition) is 4. The smallest absolute Gasteiger partial charge is 0.115 e. The lowest BCUT2D eigenvalue weighted by molar-refractivity contribution is 0.244. The maximum absolute atomic E-state index is 13.1. The maximum Gasteiger partial charge on any atom is 0.115 e. The van der Waals surface area contributed by atoms with E-state index in [1.54, 1.807) is 0 Å². The molecule has 0 aromatic heterocycles. The summed E-state index contributed by atoms with van der Waals surface area (Å²) < 4.78 is 12.8. The molecule has 0 bridgehead atoms. The molecule has 0 aromatic rings. The number of rotatable bonds is 3. The van der Waals surface area contributed by atoms with Crippen LogP contribution in [0.3, 0.4) is 0 Å². The second-order valence-electron chi connectivity index (χ2n) is 4.69. The van der Waals surface area contributed by atoms with Crippen molar-refractivity contribution in [1.29, 1.82) is 5.26 Å². The molecule has 1 aliphatic rings. The predicted molar refractivity (Wildman–Crippen MR) is 61.5 cm³/mol. The van der Waals surface area contributed by atoms with Gasteiger partial charge in [-0.1, -0.05) is 0 Å². The fourth-order valence-corrected chi connectivity index (χ4v) is 1.74. The first-order chi connectivity index (χ1) is 6.84. The Kier molecular flexibility index (Phi) is 3.99. The normalized spacial score (nSPS) is 30.1. The molecule has 0 amide bonds. The molecule has 86 valence electrons. The molecular formula is C10H18FN3S. The average Bonchev–Trinajstić information content (AvgIpc) is 2.44. The van der Waals surface area contributed by atoms with Gasteiger partial charge in [-0.25, -0.2) is 4.39 Å². The van der Waals surface area contributed by atoms with Gasteiger partial charge in [-0.2, -0.15) is 17.9 Å². The molecule has 1 rings (SSSR count). The van der Waals surface area contributed by atoms with Crippen LogP contribution in [0, 0.1) is 11.3 Å². The molecule has 5 heteroatoms. The van der Waals surface area contributed by atoms with Crippen LogP contribution in [0.2, 0.25) is 0 Å². The van der Waals surface area contributed by atoms with Crippen LogP contribution in [0.25, 0.3) is 0 Å². The van der Waals surface area contributed by atoms with Crippen LogP contribution in [0.5, 0.6) is 0 Å². The summed E-state index contributed by atoms with van der Waals surface area (Å²) in [7, 11) is 0. The van der Waals surface area contributed by atoms with Crippen molar-refractivity contribution in [2.75, 3.05) is 13.1 Å². The highest BCUT2D eigenvalue weighted by atomic mass is 32.1. The van der Waals surface area contributed by atoms with Crippen LogP contribution in [0.1, 0.15) is 20.3 Å². The Bertz CT molecular complexity index is 258. The van der Waals surface area contributed by atoms with Gasteiger partial charge in [0.2, 0.25) is 0 Å². The summed E-state index contributed by atoms with van der Waals surface area (Å²) in [6, 6.07) is 1.61. The van der Waals surface area contributed by atoms with Gasteiger partial charge < -0.3 is 5.73 Å². The van der Waals surface area contributed by atoms with Gasteiger partial charge in [0.25, 0.3) is 0 Å². The minimum absolute atomic E-state index is 0.165. The first kappa shape index (κ1) is 12.8. The fraction of sp³-hybridized carbons (Fsp3) is 0.900. The lowest BCUT2D eigenvalue weighted by atomic mass is 10.0. The minimum atomic E-state index is -0.898. The number of likely N-dealkylation sites (tertiary alicyclic amines) is 1. The van der Waals surface area contributed by atoms with Gasteiger partial charge >= 0.3 is 0 Å². The van der Waals surface area contributed by atoms with E-state index in [0.29, 0.717) is 19.5 Å². The van der Waals surface area contributed by atoms with Crippen molar-refractivity contribution in [1.82, 2.24) is 4.90 Å². The van der Waals surface area contributed by atoms with Crippen LogP contribution in [0.15, 0.2) is 0 Å². The zero-order valence-electron chi connectivity index (χ0n) is 9.15. The van der Waals surface area contributed by atoms with Crippen LogP contribution in [0.4, 0.5) is 4.39 Å².